The zero-order valence-corrected chi connectivity index (χ0v) is 10.00. The molecular weight excluding hydrogens is 232 g/mol. The molecule has 1 aliphatic heterocycles. The summed E-state index contributed by atoms with van der Waals surface area (Å²) in [5.74, 6) is -2.79. The van der Waals surface area contributed by atoms with Gasteiger partial charge in [-0.1, -0.05) is 36.4 Å². The Morgan fingerprint density at radius 1 is 1.06 bits per heavy atom. The van der Waals surface area contributed by atoms with E-state index in [2.05, 4.69) is 5.32 Å². The van der Waals surface area contributed by atoms with Crippen LogP contribution in [0.2, 0.25) is 0 Å². The highest BCUT2D eigenvalue weighted by Gasteiger charge is 2.42. The predicted molar refractivity (Wildman–Crippen MR) is 68.9 cm³/mol. The van der Waals surface area contributed by atoms with Crippen LogP contribution in [0.25, 0.3) is 10.8 Å². The van der Waals surface area contributed by atoms with E-state index in [1.165, 1.54) is 0 Å². The molecule has 1 aliphatic rings. The summed E-state index contributed by atoms with van der Waals surface area (Å²) in [6.07, 6.45) is 1.37. The van der Waals surface area contributed by atoms with E-state index in [1.807, 2.05) is 24.3 Å². The fraction of sp³-hybridized carbons (Fsp3) is 0.333. The molecule has 1 heterocycles. The first kappa shape index (κ1) is 11.6. The van der Waals surface area contributed by atoms with E-state index >= 15 is 0 Å². The van der Waals surface area contributed by atoms with Gasteiger partial charge in [0.2, 0.25) is 0 Å². The molecule has 1 saturated heterocycles. The third kappa shape index (κ3) is 1.89. The second kappa shape index (κ2) is 4.32. The van der Waals surface area contributed by atoms with Gasteiger partial charge in [-0.15, -0.1) is 0 Å². The molecule has 1 atom stereocenters. The molecule has 1 fully saturated rings. The van der Waals surface area contributed by atoms with Gasteiger partial charge in [0.05, 0.1) is 6.04 Å². The fourth-order valence-electron chi connectivity index (χ4n) is 2.59. The number of fused-ring (bicyclic) bond motifs is 1. The summed E-state index contributed by atoms with van der Waals surface area (Å²) in [7, 11) is 0. The van der Waals surface area contributed by atoms with Crippen LogP contribution >= 0.6 is 0 Å². The van der Waals surface area contributed by atoms with Crippen LogP contribution in [0.4, 0.5) is 8.78 Å². The molecule has 3 rings (SSSR count). The minimum Gasteiger partial charge on any atom is -0.308 e. The van der Waals surface area contributed by atoms with Crippen molar-refractivity contribution in [1.29, 1.82) is 0 Å². The van der Waals surface area contributed by atoms with Crippen LogP contribution < -0.4 is 5.32 Å². The van der Waals surface area contributed by atoms with Crippen molar-refractivity contribution in [3.63, 3.8) is 0 Å². The minimum absolute atomic E-state index is 0.112. The summed E-state index contributed by atoms with van der Waals surface area (Å²) >= 11 is 0. The molecule has 0 saturated carbocycles. The Bertz CT molecular complexity index is 559. The Morgan fingerprint density at radius 2 is 1.83 bits per heavy atom. The SMILES string of the molecule is FC(F)(c1ccc2ccccc2c1)C1CCCN1. The van der Waals surface area contributed by atoms with E-state index < -0.39 is 12.0 Å². The molecule has 1 N–H and O–H groups in total. The van der Waals surface area contributed by atoms with Crippen LogP contribution in [0.15, 0.2) is 42.5 Å². The van der Waals surface area contributed by atoms with Gasteiger partial charge in [-0.2, -0.15) is 8.78 Å². The average Bonchev–Trinajstić information content (AvgIpc) is 2.92. The summed E-state index contributed by atoms with van der Waals surface area (Å²) in [4.78, 5) is 0. The first-order valence-electron chi connectivity index (χ1n) is 6.28. The molecular formula is C15H15F2N. The smallest absolute Gasteiger partial charge is 0.288 e. The number of hydrogen-bond donors (Lipinski definition) is 1. The highest BCUT2D eigenvalue weighted by atomic mass is 19.3. The van der Waals surface area contributed by atoms with Crippen molar-refractivity contribution in [2.75, 3.05) is 6.54 Å². The monoisotopic (exact) mass is 247 g/mol. The molecule has 1 nitrogen and oxygen atoms in total. The Kier molecular flexibility index (Phi) is 2.78. The molecule has 0 radical (unpaired) electrons. The van der Waals surface area contributed by atoms with Gasteiger partial charge in [0.25, 0.3) is 5.92 Å². The summed E-state index contributed by atoms with van der Waals surface area (Å²) in [6, 6.07) is 11.8. The van der Waals surface area contributed by atoms with Gasteiger partial charge in [-0.3, -0.25) is 0 Å². The van der Waals surface area contributed by atoms with Crippen LogP contribution in [0.1, 0.15) is 18.4 Å². The van der Waals surface area contributed by atoms with Crippen molar-refractivity contribution in [1.82, 2.24) is 5.32 Å². The topological polar surface area (TPSA) is 12.0 Å². The van der Waals surface area contributed by atoms with Crippen LogP contribution in [-0.4, -0.2) is 12.6 Å². The summed E-state index contributed by atoms with van der Waals surface area (Å²) in [5, 5.41) is 4.76. The Morgan fingerprint density at radius 3 is 2.56 bits per heavy atom. The lowest BCUT2D eigenvalue weighted by molar-refractivity contribution is -0.0375. The zero-order chi connectivity index (χ0) is 12.6. The van der Waals surface area contributed by atoms with E-state index in [1.54, 1.807) is 18.2 Å². The number of halogens is 2. The zero-order valence-electron chi connectivity index (χ0n) is 10.00. The van der Waals surface area contributed by atoms with Crippen molar-refractivity contribution < 1.29 is 8.78 Å². The molecule has 0 amide bonds. The second-order valence-electron chi connectivity index (χ2n) is 4.83. The summed E-state index contributed by atoms with van der Waals surface area (Å²) < 4.78 is 28.7. The van der Waals surface area contributed by atoms with E-state index in [4.69, 9.17) is 0 Å². The number of rotatable bonds is 2. The van der Waals surface area contributed by atoms with Gasteiger partial charge in [0, 0.05) is 5.56 Å². The van der Waals surface area contributed by atoms with E-state index in [0.29, 0.717) is 13.0 Å². The lowest BCUT2D eigenvalue weighted by Crippen LogP contribution is -2.38. The van der Waals surface area contributed by atoms with Crippen molar-refractivity contribution >= 4 is 10.8 Å². The van der Waals surface area contributed by atoms with Crippen molar-refractivity contribution in [3.8, 4) is 0 Å². The molecule has 18 heavy (non-hydrogen) atoms. The number of nitrogens with one attached hydrogen (secondary N) is 1. The predicted octanol–water partition coefficient (Wildman–Crippen LogP) is 3.68. The number of benzene rings is 2. The van der Waals surface area contributed by atoms with Gasteiger partial charge in [0.1, 0.15) is 0 Å². The maximum atomic E-state index is 14.3. The minimum atomic E-state index is -2.79. The number of hydrogen-bond acceptors (Lipinski definition) is 1. The normalized spacial score (nSPS) is 20.4. The van der Waals surface area contributed by atoms with Crippen LogP contribution in [0.3, 0.4) is 0 Å². The lowest BCUT2D eigenvalue weighted by atomic mass is 9.97. The van der Waals surface area contributed by atoms with Gasteiger partial charge in [-0.05, 0) is 36.2 Å². The first-order chi connectivity index (χ1) is 8.68. The van der Waals surface area contributed by atoms with Crippen molar-refractivity contribution in [2.24, 2.45) is 0 Å². The molecule has 94 valence electrons. The second-order valence-corrected chi connectivity index (χ2v) is 4.83. The molecule has 0 aromatic heterocycles. The van der Waals surface area contributed by atoms with E-state index in [0.717, 1.165) is 17.2 Å². The molecule has 0 spiro atoms. The Hall–Kier alpha value is -1.48. The molecule has 1 unspecified atom stereocenters. The highest BCUT2D eigenvalue weighted by molar-refractivity contribution is 5.83. The summed E-state index contributed by atoms with van der Waals surface area (Å²) in [5.41, 5.74) is 0.112. The van der Waals surface area contributed by atoms with E-state index in [-0.39, 0.29) is 5.56 Å². The van der Waals surface area contributed by atoms with Crippen LogP contribution in [0, 0.1) is 0 Å². The first-order valence-corrected chi connectivity index (χ1v) is 6.28. The summed E-state index contributed by atoms with van der Waals surface area (Å²) in [6.45, 7) is 0.688. The van der Waals surface area contributed by atoms with Crippen molar-refractivity contribution in [3.05, 3.63) is 48.0 Å². The molecule has 2 aromatic rings. The fourth-order valence-corrected chi connectivity index (χ4v) is 2.59. The Labute approximate surface area is 105 Å². The quantitative estimate of drug-likeness (QED) is 0.853. The Balaban J connectivity index is 2.02. The molecule has 3 heteroatoms. The maximum Gasteiger partial charge on any atom is 0.288 e. The van der Waals surface area contributed by atoms with Crippen LogP contribution in [0.5, 0.6) is 0 Å². The van der Waals surface area contributed by atoms with E-state index in [9.17, 15) is 8.78 Å². The maximum absolute atomic E-state index is 14.3. The molecule has 0 bridgehead atoms. The standard InChI is InChI=1S/C15H15F2N/c16-15(17,14-6-3-9-18-14)13-8-7-11-4-1-2-5-12(11)10-13/h1-2,4-5,7-8,10,14,18H,3,6,9H2. The lowest BCUT2D eigenvalue weighted by Gasteiger charge is -2.24. The van der Waals surface area contributed by atoms with Gasteiger partial charge < -0.3 is 5.32 Å². The molecule has 0 aliphatic carbocycles. The van der Waals surface area contributed by atoms with Gasteiger partial charge in [-0.25, -0.2) is 0 Å². The van der Waals surface area contributed by atoms with Gasteiger partial charge in [0.15, 0.2) is 0 Å². The number of alkyl halides is 2. The third-order valence-electron chi connectivity index (χ3n) is 3.63. The van der Waals surface area contributed by atoms with Crippen LogP contribution in [-0.2, 0) is 5.92 Å². The highest BCUT2D eigenvalue weighted by Crippen LogP contribution is 2.36. The average molecular weight is 247 g/mol. The third-order valence-corrected chi connectivity index (χ3v) is 3.63. The van der Waals surface area contributed by atoms with Gasteiger partial charge >= 0.3 is 0 Å². The molecule has 2 aromatic carbocycles. The largest absolute Gasteiger partial charge is 0.308 e. The van der Waals surface area contributed by atoms with Crippen molar-refractivity contribution in [2.45, 2.75) is 24.8 Å².